The van der Waals surface area contributed by atoms with Crippen molar-refractivity contribution in [3.63, 3.8) is 0 Å². The van der Waals surface area contributed by atoms with E-state index in [4.69, 9.17) is 0 Å². The molecule has 1 heteroatoms. The van der Waals surface area contributed by atoms with Gasteiger partial charge in [-0.2, -0.15) is 0 Å². The molecule has 1 heterocycles. The molecular formula is C10H19N. The van der Waals surface area contributed by atoms with Crippen LogP contribution < -0.4 is 5.32 Å². The molecule has 0 fully saturated rings. The Hall–Kier alpha value is -0.300. The Balaban J connectivity index is 2.71. The highest BCUT2D eigenvalue weighted by Crippen LogP contribution is 2.27. The molecule has 0 aliphatic carbocycles. The first kappa shape index (κ1) is 8.79. The zero-order valence-electron chi connectivity index (χ0n) is 8.07. The third-order valence-corrected chi connectivity index (χ3v) is 2.23. The predicted octanol–water partition coefficient (Wildman–Crippen LogP) is 2.20. The van der Waals surface area contributed by atoms with Gasteiger partial charge in [-0.05, 0) is 11.3 Å². The van der Waals surface area contributed by atoms with E-state index < -0.39 is 0 Å². The van der Waals surface area contributed by atoms with E-state index in [-0.39, 0.29) is 0 Å². The highest BCUT2D eigenvalue weighted by atomic mass is 14.9. The topological polar surface area (TPSA) is 12.0 Å². The molecule has 1 N–H and O–H groups in total. The Kier molecular flexibility index (Phi) is 2.38. The number of hydrogen-bond acceptors (Lipinski definition) is 1. The van der Waals surface area contributed by atoms with Crippen LogP contribution in [0.2, 0.25) is 0 Å². The van der Waals surface area contributed by atoms with Gasteiger partial charge in [0.15, 0.2) is 0 Å². The first-order valence-electron chi connectivity index (χ1n) is 4.42. The standard InChI is InChI=1S/C10H19N/c1-8-5-9(7-11-6-8)10(2,3)4/h5,8,11H,6-7H2,1-4H3/t8-/m1/s1. The summed E-state index contributed by atoms with van der Waals surface area (Å²) in [7, 11) is 0. The average molecular weight is 153 g/mol. The Morgan fingerprint density at radius 3 is 2.45 bits per heavy atom. The van der Waals surface area contributed by atoms with Gasteiger partial charge in [0.2, 0.25) is 0 Å². The molecule has 0 unspecified atom stereocenters. The largest absolute Gasteiger partial charge is 0.312 e. The lowest BCUT2D eigenvalue weighted by molar-refractivity contribution is 0.445. The van der Waals surface area contributed by atoms with Crippen molar-refractivity contribution >= 4 is 0 Å². The maximum atomic E-state index is 3.42. The minimum absolute atomic E-state index is 0.349. The van der Waals surface area contributed by atoms with Gasteiger partial charge in [-0.25, -0.2) is 0 Å². The molecule has 1 aliphatic heterocycles. The van der Waals surface area contributed by atoms with Crippen LogP contribution in [0.5, 0.6) is 0 Å². The third kappa shape index (κ3) is 2.33. The van der Waals surface area contributed by atoms with Gasteiger partial charge in [0, 0.05) is 13.1 Å². The number of rotatable bonds is 0. The fourth-order valence-electron chi connectivity index (χ4n) is 1.41. The summed E-state index contributed by atoms with van der Waals surface area (Å²) in [6.07, 6.45) is 2.41. The Morgan fingerprint density at radius 1 is 1.45 bits per heavy atom. The van der Waals surface area contributed by atoms with Gasteiger partial charge in [-0.1, -0.05) is 39.3 Å². The lowest BCUT2D eigenvalue weighted by atomic mass is 9.83. The highest BCUT2D eigenvalue weighted by Gasteiger charge is 2.19. The van der Waals surface area contributed by atoms with E-state index in [0.29, 0.717) is 11.3 Å². The molecule has 1 aliphatic rings. The molecule has 0 spiro atoms. The van der Waals surface area contributed by atoms with E-state index in [9.17, 15) is 0 Å². The van der Waals surface area contributed by atoms with Crippen LogP contribution in [-0.2, 0) is 0 Å². The van der Waals surface area contributed by atoms with Crippen LogP contribution in [0.3, 0.4) is 0 Å². The summed E-state index contributed by atoms with van der Waals surface area (Å²) in [5.74, 6) is 0.706. The average Bonchev–Trinajstić information content (AvgIpc) is 1.86. The van der Waals surface area contributed by atoms with Gasteiger partial charge in [-0.15, -0.1) is 0 Å². The molecular weight excluding hydrogens is 134 g/mol. The molecule has 64 valence electrons. The summed E-state index contributed by atoms with van der Waals surface area (Å²) in [5, 5.41) is 3.42. The van der Waals surface area contributed by atoms with Crippen molar-refractivity contribution < 1.29 is 0 Å². The van der Waals surface area contributed by atoms with E-state index in [1.165, 1.54) is 0 Å². The van der Waals surface area contributed by atoms with Crippen LogP contribution in [-0.4, -0.2) is 13.1 Å². The smallest absolute Gasteiger partial charge is 0.0170 e. The van der Waals surface area contributed by atoms with Crippen LogP contribution in [0, 0.1) is 11.3 Å². The number of nitrogens with one attached hydrogen (secondary N) is 1. The van der Waals surface area contributed by atoms with Crippen LogP contribution in [0.15, 0.2) is 11.6 Å². The van der Waals surface area contributed by atoms with Gasteiger partial charge in [0.1, 0.15) is 0 Å². The van der Waals surface area contributed by atoms with Crippen molar-refractivity contribution in [2.45, 2.75) is 27.7 Å². The summed E-state index contributed by atoms with van der Waals surface area (Å²) < 4.78 is 0. The summed E-state index contributed by atoms with van der Waals surface area (Å²) in [6.45, 7) is 11.3. The van der Waals surface area contributed by atoms with Gasteiger partial charge < -0.3 is 5.32 Å². The third-order valence-electron chi connectivity index (χ3n) is 2.23. The molecule has 11 heavy (non-hydrogen) atoms. The summed E-state index contributed by atoms with van der Waals surface area (Å²) in [6, 6.07) is 0. The van der Waals surface area contributed by atoms with E-state index in [1.54, 1.807) is 5.57 Å². The number of hydrogen-bond donors (Lipinski definition) is 1. The highest BCUT2D eigenvalue weighted by molar-refractivity contribution is 5.16. The molecule has 0 aromatic heterocycles. The maximum Gasteiger partial charge on any atom is 0.0170 e. The van der Waals surface area contributed by atoms with E-state index in [2.05, 4.69) is 39.1 Å². The second-order valence-corrected chi connectivity index (χ2v) is 4.55. The summed E-state index contributed by atoms with van der Waals surface area (Å²) in [4.78, 5) is 0. The lowest BCUT2D eigenvalue weighted by Gasteiger charge is -2.28. The van der Waals surface area contributed by atoms with Crippen molar-refractivity contribution in [1.29, 1.82) is 0 Å². The first-order valence-corrected chi connectivity index (χ1v) is 4.42. The first-order chi connectivity index (χ1) is 5.00. The van der Waals surface area contributed by atoms with Gasteiger partial charge >= 0.3 is 0 Å². The van der Waals surface area contributed by atoms with E-state index in [0.717, 1.165) is 13.1 Å². The van der Waals surface area contributed by atoms with Crippen LogP contribution in [0.4, 0.5) is 0 Å². The Labute approximate surface area is 69.9 Å². The quantitative estimate of drug-likeness (QED) is 0.526. The van der Waals surface area contributed by atoms with Crippen molar-refractivity contribution in [2.75, 3.05) is 13.1 Å². The van der Waals surface area contributed by atoms with Crippen molar-refractivity contribution in [2.24, 2.45) is 11.3 Å². The van der Waals surface area contributed by atoms with Crippen LogP contribution in [0.1, 0.15) is 27.7 Å². The van der Waals surface area contributed by atoms with Crippen molar-refractivity contribution in [3.8, 4) is 0 Å². The predicted molar refractivity (Wildman–Crippen MR) is 49.6 cm³/mol. The lowest BCUT2D eigenvalue weighted by Crippen LogP contribution is -2.32. The molecule has 1 atom stereocenters. The van der Waals surface area contributed by atoms with Crippen LogP contribution >= 0.6 is 0 Å². The van der Waals surface area contributed by atoms with Gasteiger partial charge in [-0.3, -0.25) is 0 Å². The minimum atomic E-state index is 0.349. The summed E-state index contributed by atoms with van der Waals surface area (Å²) >= 11 is 0. The minimum Gasteiger partial charge on any atom is -0.312 e. The molecule has 0 saturated carbocycles. The second-order valence-electron chi connectivity index (χ2n) is 4.55. The molecule has 0 saturated heterocycles. The molecule has 1 rings (SSSR count). The van der Waals surface area contributed by atoms with Crippen LogP contribution in [0.25, 0.3) is 0 Å². The Morgan fingerprint density at radius 2 is 2.09 bits per heavy atom. The molecule has 0 radical (unpaired) electrons. The normalized spacial score (nSPS) is 26.5. The Bertz CT molecular complexity index is 162. The van der Waals surface area contributed by atoms with Gasteiger partial charge in [0.25, 0.3) is 0 Å². The zero-order chi connectivity index (χ0) is 8.48. The summed E-state index contributed by atoms with van der Waals surface area (Å²) in [5.41, 5.74) is 1.90. The van der Waals surface area contributed by atoms with E-state index in [1.807, 2.05) is 0 Å². The monoisotopic (exact) mass is 153 g/mol. The zero-order valence-corrected chi connectivity index (χ0v) is 8.07. The van der Waals surface area contributed by atoms with Gasteiger partial charge in [0.05, 0.1) is 0 Å². The van der Waals surface area contributed by atoms with E-state index >= 15 is 0 Å². The second kappa shape index (κ2) is 2.98. The molecule has 0 aromatic carbocycles. The fraction of sp³-hybridized carbons (Fsp3) is 0.800. The molecule has 0 bridgehead atoms. The molecule has 1 nitrogen and oxygen atoms in total. The maximum absolute atomic E-state index is 3.42. The SMILES string of the molecule is C[C@@H]1C=C(C(C)(C)C)CNC1. The van der Waals surface area contributed by atoms with Crippen molar-refractivity contribution in [3.05, 3.63) is 11.6 Å². The van der Waals surface area contributed by atoms with Crippen molar-refractivity contribution in [1.82, 2.24) is 5.32 Å². The fourth-order valence-corrected chi connectivity index (χ4v) is 1.41. The molecule has 0 aromatic rings. The molecule has 0 amide bonds.